The number of carboxylic acids is 1. The van der Waals surface area contributed by atoms with Crippen LogP contribution in [0.1, 0.15) is 26.7 Å². The molecule has 1 aliphatic heterocycles. The predicted octanol–water partition coefficient (Wildman–Crippen LogP) is 0.402. The molecule has 5 heteroatoms. The third-order valence-corrected chi connectivity index (χ3v) is 3.59. The maximum Gasteiger partial charge on any atom is 0.329 e. The van der Waals surface area contributed by atoms with Gasteiger partial charge in [-0.2, -0.15) is 0 Å². The van der Waals surface area contributed by atoms with Crippen LogP contribution in [0.15, 0.2) is 0 Å². The summed E-state index contributed by atoms with van der Waals surface area (Å²) >= 11 is 0. The second-order valence-corrected chi connectivity index (χ2v) is 4.68. The molecule has 1 heterocycles. The van der Waals surface area contributed by atoms with Crippen molar-refractivity contribution >= 4 is 12.4 Å². The van der Waals surface area contributed by atoms with Crippen molar-refractivity contribution < 1.29 is 14.7 Å². The molecule has 16 heavy (non-hydrogen) atoms. The van der Waals surface area contributed by atoms with E-state index in [1.54, 1.807) is 7.05 Å². The zero-order chi connectivity index (χ0) is 12.3. The predicted molar refractivity (Wildman–Crippen MR) is 60.1 cm³/mol. The first-order valence-electron chi connectivity index (χ1n) is 5.59. The summed E-state index contributed by atoms with van der Waals surface area (Å²) in [5.41, 5.74) is -1.01. The third-order valence-electron chi connectivity index (χ3n) is 3.59. The van der Waals surface area contributed by atoms with Gasteiger partial charge in [0.2, 0.25) is 6.41 Å². The molecule has 0 aromatic carbocycles. The van der Waals surface area contributed by atoms with Gasteiger partial charge in [0.05, 0.1) is 0 Å². The van der Waals surface area contributed by atoms with Gasteiger partial charge >= 0.3 is 5.97 Å². The quantitative estimate of drug-likeness (QED) is 0.708. The second kappa shape index (κ2) is 4.82. The lowest BCUT2D eigenvalue weighted by Gasteiger charge is -2.43. The summed E-state index contributed by atoms with van der Waals surface area (Å²) in [6.45, 7) is 5.64. The summed E-state index contributed by atoms with van der Waals surface area (Å²) in [6.07, 6.45) is 1.60. The number of likely N-dealkylation sites (tertiary alicyclic amines) is 1. The topological polar surface area (TPSA) is 60.9 Å². The lowest BCUT2D eigenvalue weighted by molar-refractivity contribution is -0.157. The van der Waals surface area contributed by atoms with E-state index >= 15 is 0 Å². The highest BCUT2D eigenvalue weighted by molar-refractivity contribution is 5.81. The maximum atomic E-state index is 11.3. The highest BCUT2D eigenvalue weighted by atomic mass is 16.4. The van der Waals surface area contributed by atoms with Crippen molar-refractivity contribution in [2.75, 3.05) is 20.1 Å². The molecule has 5 nitrogen and oxygen atoms in total. The van der Waals surface area contributed by atoms with Crippen LogP contribution in [-0.4, -0.2) is 59.0 Å². The minimum atomic E-state index is -1.01. The normalized spacial score (nSPS) is 20.8. The molecule has 0 spiro atoms. The largest absolute Gasteiger partial charge is 0.479 e. The molecule has 1 N–H and O–H groups in total. The van der Waals surface area contributed by atoms with E-state index in [0.717, 1.165) is 13.1 Å². The van der Waals surface area contributed by atoms with Crippen LogP contribution in [0.4, 0.5) is 0 Å². The molecule has 1 aliphatic rings. The van der Waals surface area contributed by atoms with Crippen LogP contribution in [0, 0.1) is 0 Å². The molecule has 0 aromatic rings. The Morgan fingerprint density at radius 3 is 2.25 bits per heavy atom. The van der Waals surface area contributed by atoms with Gasteiger partial charge in [-0.05, 0) is 26.7 Å². The fraction of sp³-hybridized carbons (Fsp3) is 0.818. The summed E-state index contributed by atoms with van der Waals surface area (Å²) < 4.78 is 0. The van der Waals surface area contributed by atoms with Crippen molar-refractivity contribution in [2.45, 2.75) is 38.3 Å². The first-order chi connectivity index (χ1) is 7.44. The van der Waals surface area contributed by atoms with Crippen molar-refractivity contribution in [2.24, 2.45) is 0 Å². The Bertz CT molecular complexity index is 270. The van der Waals surface area contributed by atoms with Crippen molar-refractivity contribution in [3.8, 4) is 0 Å². The van der Waals surface area contributed by atoms with Crippen molar-refractivity contribution in [3.05, 3.63) is 0 Å². The molecule has 92 valence electrons. The van der Waals surface area contributed by atoms with E-state index in [1.807, 2.05) is 0 Å². The number of carboxylic acid groups (broad SMARTS) is 1. The van der Waals surface area contributed by atoms with Gasteiger partial charge in [0.1, 0.15) is 5.54 Å². The Morgan fingerprint density at radius 1 is 1.44 bits per heavy atom. The van der Waals surface area contributed by atoms with E-state index in [1.165, 1.54) is 4.90 Å². The molecule has 0 saturated carbocycles. The number of aliphatic carboxylic acids is 1. The Balaban J connectivity index is 2.78. The number of hydrogen-bond donors (Lipinski definition) is 1. The molecule has 1 fully saturated rings. The van der Waals surface area contributed by atoms with E-state index in [4.69, 9.17) is 0 Å². The minimum absolute atomic E-state index is 0.424. The van der Waals surface area contributed by atoms with Gasteiger partial charge in [0.25, 0.3) is 0 Å². The Labute approximate surface area is 96.0 Å². The van der Waals surface area contributed by atoms with Gasteiger partial charge in [-0.1, -0.05) is 0 Å². The average Bonchev–Trinajstić information content (AvgIpc) is 2.27. The molecule has 0 aromatic heterocycles. The van der Waals surface area contributed by atoms with Crippen LogP contribution < -0.4 is 0 Å². The van der Waals surface area contributed by atoms with Crippen LogP contribution in [0.3, 0.4) is 0 Å². The van der Waals surface area contributed by atoms with Crippen LogP contribution in [0.5, 0.6) is 0 Å². The molecule has 0 bridgehead atoms. The molecule has 0 unspecified atom stereocenters. The van der Waals surface area contributed by atoms with Gasteiger partial charge in [-0.3, -0.25) is 4.79 Å². The molecule has 0 radical (unpaired) electrons. The zero-order valence-electron chi connectivity index (χ0n) is 10.1. The summed E-state index contributed by atoms with van der Waals surface area (Å²) in [4.78, 5) is 25.6. The van der Waals surface area contributed by atoms with Gasteiger partial charge in [0, 0.05) is 26.2 Å². The van der Waals surface area contributed by atoms with Crippen LogP contribution >= 0.6 is 0 Å². The van der Waals surface area contributed by atoms with Crippen molar-refractivity contribution in [3.63, 3.8) is 0 Å². The fourth-order valence-electron chi connectivity index (χ4n) is 2.23. The first-order valence-corrected chi connectivity index (χ1v) is 5.59. The number of likely N-dealkylation sites (N-methyl/N-ethyl adjacent to an activating group) is 1. The van der Waals surface area contributed by atoms with Crippen molar-refractivity contribution in [1.82, 2.24) is 9.80 Å². The number of amides is 1. The summed E-state index contributed by atoms with van der Waals surface area (Å²) in [7, 11) is 1.55. The lowest BCUT2D eigenvalue weighted by Crippen LogP contribution is -2.59. The Morgan fingerprint density at radius 2 is 1.94 bits per heavy atom. The van der Waals surface area contributed by atoms with Crippen molar-refractivity contribution in [1.29, 1.82) is 0 Å². The second-order valence-electron chi connectivity index (χ2n) is 4.68. The highest BCUT2D eigenvalue weighted by Crippen LogP contribution is 2.28. The first kappa shape index (κ1) is 13.0. The average molecular weight is 228 g/mol. The van der Waals surface area contributed by atoms with Crippen LogP contribution in [-0.2, 0) is 9.59 Å². The minimum Gasteiger partial charge on any atom is -0.479 e. The molecule has 1 amide bonds. The molecule has 1 rings (SSSR count). The fourth-order valence-corrected chi connectivity index (χ4v) is 2.23. The maximum absolute atomic E-state index is 11.3. The summed E-state index contributed by atoms with van der Waals surface area (Å²) in [5, 5.41) is 9.30. The lowest BCUT2D eigenvalue weighted by atomic mass is 9.86. The zero-order valence-corrected chi connectivity index (χ0v) is 10.1. The van der Waals surface area contributed by atoms with E-state index < -0.39 is 11.5 Å². The molecule has 1 saturated heterocycles. The SMILES string of the molecule is CC(C)N1CCC(C(=O)O)(N(C)C=O)CC1. The van der Waals surface area contributed by atoms with E-state index in [0.29, 0.717) is 25.3 Å². The summed E-state index contributed by atoms with van der Waals surface area (Å²) in [6, 6.07) is 0.424. The standard InChI is InChI=1S/C11H20N2O3/c1-9(2)13-6-4-11(5-7-13,10(15)16)12(3)8-14/h8-9H,4-7H2,1-3H3,(H,15,16). The third kappa shape index (κ3) is 2.19. The Kier molecular flexibility index (Phi) is 3.91. The molecule has 0 atom stereocenters. The number of piperidine rings is 1. The number of carbonyl (C=O) groups excluding carboxylic acids is 1. The van der Waals surface area contributed by atoms with Crippen LogP contribution in [0.25, 0.3) is 0 Å². The van der Waals surface area contributed by atoms with Gasteiger partial charge < -0.3 is 14.9 Å². The molecular formula is C11H20N2O3. The smallest absolute Gasteiger partial charge is 0.329 e. The number of rotatable bonds is 4. The number of carbonyl (C=O) groups is 2. The van der Waals surface area contributed by atoms with Gasteiger partial charge in [-0.15, -0.1) is 0 Å². The van der Waals surface area contributed by atoms with Gasteiger partial charge in [-0.25, -0.2) is 4.79 Å². The van der Waals surface area contributed by atoms with E-state index in [2.05, 4.69) is 18.7 Å². The highest BCUT2D eigenvalue weighted by Gasteiger charge is 2.45. The molecular weight excluding hydrogens is 208 g/mol. The van der Waals surface area contributed by atoms with E-state index in [-0.39, 0.29) is 0 Å². The Hall–Kier alpha value is -1.10. The number of hydrogen-bond acceptors (Lipinski definition) is 3. The molecule has 0 aliphatic carbocycles. The number of nitrogens with zero attached hydrogens (tertiary/aromatic N) is 2. The van der Waals surface area contributed by atoms with Gasteiger partial charge in [0.15, 0.2) is 0 Å². The monoisotopic (exact) mass is 228 g/mol. The summed E-state index contributed by atoms with van der Waals surface area (Å²) in [5.74, 6) is -0.898. The van der Waals surface area contributed by atoms with Crippen LogP contribution in [0.2, 0.25) is 0 Å². The van der Waals surface area contributed by atoms with E-state index in [9.17, 15) is 14.7 Å².